The maximum atomic E-state index is 12.5. The van der Waals surface area contributed by atoms with Crippen LogP contribution >= 0.6 is 0 Å². The summed E-state index contributed by atoms with van der Waals surface area (Å²) < 4.78 is 1.91. The summed E-state index contributed by atoms with van der Waals surface area (Å²) in [7, 11) is 1.96. The number of amides is 1. The van der Waals surface area contributed by atoms with E-state index < -0.39 is 0 Å². The van der Waals surface area contributed by atoms with Gasteiger partial charge in [-0.25, -0.2) is 0 Å². The first-order valence-corrected chi connectivity index (χ1v) is 9.00. The number of aryl methyl sites for hydroxylation is 1. The molecule has 1 N–H and O–H groups in total. The molecule has 2 rings (SSSR count). The van der Waals surface area contributed by atoms with E-state index >= 15 is 0 Å². The molecule has 0 radical (unpaired) electrons. The van der Waals surface area contributed by atoms with E-state index in [1.807, 2.05) is 11.7 Å². The van der Waals surface area contributed by atoms with Gasteiger partial charge < -0.3 is 5.32 Å². The first kappa shape index (κ1) is 17.0. The Morgan fingerprint density at radius 2 is 2.00 bits per heavy atom. The second-order valence-corrected chi connectivity index (χ2v) is 6.61. The molecule has 1 aromatic heterocycles. The lowest BCUT2D eigenvalue weighted by Gasteiger charge is -2.17. The zero-order valence-electron chi connectivity index (χ0n) is 14.5. The van der Waals surface area contributed by atoms with E-state index in [2.05, 4.69) is 24.3 Å². The summed E-state index contributed by atoms with van der Waals surface area (Å²) in [6.07, 6.45) is 10.5. The first-order valence-electron chi connectivity index (χ1n) is 9.00. The van der Waals surface area contributed by atoms with Gasteiger partial charge in [0.05, 0.1) is 0 Å². The Labute approximate surface area is 134 Å². The lowest BCUT2D eigenvalue weighted by atomic mass is 9.95. The molecule has 0 saturated heterocycles. The van der Waals surface area contributed by atoms with Crippen LogP contribution in [0.5, 0.6) is 0 Å². The molecule has 124 valence electrons. The number of nitrogens with zero attached hydrogens (tertiary/aromatic N) is 2. The SMILES string of the molecule is CCCCC(CCC)CNC(=O)c1nn(C)c2c1CCCC2. The third kappa shape index (κ3) is 4.11. The normalized spacial score (nSPS) is 15.4. The number of carbonyl (C=O) groups is 1. The highest BCUT2D eigenvalue weighted by Gasteiger charge is 2.23. The highest BCUT2D eigenvalue weighted by atomic mass is 16.1. The number of nitrogens with one attached hydrogen (secondary N) is 1. The summed E-state index contributed by atoms with van der Waals surface area (Å²) in [4.78, 5) is 12.5. The fraction of sp³-hybridized carbons (Fsp3) is 0.778. The summed E-state index contributed by atoms with van der Waals surface area (Å²) in [6.45, 7) is 5.23. The highest BCUT2D eigenvalue weighted by Crippen LogP contribution is 2.24. The molecule has 1 aromatic rings. The molecule has 0 saturated carbocycles. The number of carbonyl (C=O) groups excluding carboxylic acids is 1. The molecule has 4 nitrogen and oxygen atoms in total. The molecule has 0 bridgehead atoms. The Balaban J connectivity index is 1.97. The number of unbranched alkanes of at least 4 members (excludes halogenated alkanes) is 1. The first-order chi connectivity index (χ1) is 10.7. The van der Waals surface area contributed by atoms with Gasteiger partial charge in [0.15, 0.2) is 5.69 Å². The van der Waals surface area contributed by atoms with E-state index in [-0.39, 0.29) is 5.91 Å². The van der Waals surface area contributed by atoms with E-state index in [0.29, 0.717) is 11.6 Å². The average Bonchev–Trinajstić information content (AvgIpc) is 2.87. The molecule has 1 heterocycles. The van der Waals surface area contributed by atoms with Crippen LogP contribution < -0.4 is 5.32 Å². The van der Waals surface area contributed by atoms with Crippen molar-refractivity contribution in [2.45, 2.75) is 71.6 Å². The molecule has 0 spiro atoms. The largest absolute Gasteiger partial charge is 0.350 e. The highest BCUT2D eigenvalue weighted by molar-refractivity contribution is 5.94. The summed E-state index contributed by atoms with van der Waals surface area (Å²) in [5.41, 5.74) is 3.11. The van der Waals surface area contributed by atoms with Crippen LogP contribution in [0.25, 0.3) is 0 Å². The maximum absolute atomic E-state index is 12.5. The van der Waals surface area contributed by atoms with Gasteiger partial charge >= 0.3 is 0 Å². The van der Waals surface area contributed by atoms with Crippen molar-refractivity contribution in [1.82, 2.24) is 15.1 Å². The molecule has 0 aromatic carbocycles. The van der Waals surface area contributed by atoms with Gasteiger partial charge in [-0.05, 0) is 44.4 Å². The quantitative estimate of drug-likeness (QED) is 0.797. The third-order valence-corrected chi connectivity index (χ3v) is 4.79. The molecule has 1 unspecified atom stereocenters. The van der Waals surface area contributed by atoms with Gasteiger partial charge in [0.1, 0.15) is 0 Å². The van der Waals surface area contributed by atoms with Gasteiger partial charge in [0, 0.05) is 24.8 Å². The van der Waals surface area contributed by atoms with Gasteiger partial charge in [-0.1, -0.05) is 33.1 Å². The summed E-state index contributed by atoms with van der Waals surface area (Å²) in [5.74, 6) is 0.629. The number of rotatable bonds is 8. The van der Waals surface area contributed by atoms with Crippen molar-refractivity contribution in [3.63, 3.8) is 0 Å². The van der Waals surface area contributed by atoms with Crippen molar-refractivity contribution in [3.05, 3.63) is 17.0 Å². The molecular formula is C18H31N3O. The Kier molecular flexibility index (Phi) is 6.47. The Morgan fingerprint density at radius 3 is 2.73 bits per heavy atom. The zero-order chi connectivity index (χ0) is 15.9. The van der Waals surface area contributed by atoms with Crippen LogP contribution in [0.3, 0.4) is 0 Å². The van der Waals surface area contributed by atoms with E-state index in [4.69, 9.17) is 0 Å². The summed E-state index contributed by atoms with van der Waals surface area (Å²) >= 11 is 0. The van der Waals surface area contributed by atoms with Gasteiger partial charge in [-0.15, -0.1) is 0 Å². The lowest BCUT2D eigenvalue weighted by Crippen LogP contribution is -2.30. The molecule has 1 amide bonds. The van der Waals surface area contributed by atoms with Gasteiger partial charge in [-0.2, -0.15) is 5.10 Å². The maximum Gasteiger partial charge on any atom is 0.272 e. The van der Waals surface area contributed by atoms with Crippen LogP contribution in [0.15, 0.2) is 0 Å². The Bertz CT molecular complexity index is 493. The average molecular weight is 305 g/mol. The van der Waals surface area contributed by atoms with E-state index in [9.17, 15) is 4.79 Å². The minimum absolute atomic E-state index is 0.0244. The zero-order valence-corrected chi connectivity index (χ0v) is 14.5. The molecule has 0 aliphatic heterocycles. The number of hydrogen-bond donors (Lipinski definition) is 1. The Hall–Kier alpha value is -1.32. The molecule has 4 heteroatoms. The number of hydrogen-bond acceptors (Lipinski definition) is 2. The van der Waals surface area contributed by atoms with Crippen LogP contribution in [-0.4, -0.2) is 22.2 Å². The third-order valence-electron chi connectivity index (χ3n) is 4.79. The van der Waals surface area contributed by atoms with Crippen molar-refractivity contribution in [2.75, 3.05) is 6.54 Å². The molecule has 0 fully saturated rings. The van der Waals surface area contributed by atoms with Crippen LogP contribution in [0, 0.1) is 5.92 Å². The van der Waals surface area contributed by atoms with Crippen LogP contribution in [0.2, 0.25) is 0 Å². The molecule has 1 atom stereocenters. The minimum Gasteiger partial charge on any atom is -0.350 e. The molecule has 1 aliphatic carbocycles. The fourth-order valence-corrected chi connectivity index (χ4v) is 3.53. The van der Waals surface area contributed by atoms with Crippen molar-refractivity contribution < 1.29 is 4.79 Å². The van der Waals surface area contributed by atoms with Crippen LogP contribution in [-0.2, 0) is 19.9 Å². The van der Waals surface area contributed by atoms with Gasteiger partial charge in [0.25, 0.3) is 5.91 Å². The number of fused-ring (bicyclic) bond motifs is 1. The predicted molar refractivity (Wildman–Crippen MR) is 90.1 cm³/mol. The van der Waals surface area contributed by atoms with Crippen LogP contribution in [0.4, 0.5) is 0 Å². The second kappa shape index (κ2) is 8.35. The molecule has 22 heavy (non-hydrogen) atoms. The van der Waals surface area contributed by atoms with Gasteiger partial charge in [0.2, 0.25) is 0 Å². The van der Waals surface area contributed by atoms with E-state index in [0.717, 1.165) is 19.4 Å². The summed E-state index contributed by atoms with van der Waals surface area (Å²) in [5, 5.41) is 7.62. The van der Waals surface area contributed by atoms with E-state index in [1.54, 1.807) is 0 Å². The smallest absolute Gasteiger partial charge is 0.272 e. The second-order valence-electron chi connectivity index (χ2n) is 6.61. The van der Waals surface area contributed by atoms with Crippen molar-refractivity contribution in [3.8, 4) is 0 Å². The molecular weight excluding hydrogens is 274 g/mol. The lowest BCUT2D eigenvalue weighted by molar-refractivity contribution is 0.0938. The fourth-order valence-electron chi connectivity index (χ4n) is 3.53. The topological polar surface area (TPSA) is 46.9 Å². The van der Waals surface area contributed by atoms with E-state index in [1.165, 1.54) is 56.2 Å². The monoisotopic (exact) mass is 305 g/mol. The predicted octanol–water partition coefficient (Wildman–Crippen LogP) is 3.64. The van der Waals surface area contributed by atoms with Crippen LogP contribution in [0.1, 0.15) is 80.5 Å². The van der Waals surface area contributed by atoms with Crippen molar-refractivity contribution >= 4 is 5.91 Å². The standard InChI is InChI=1S/C18H31N3O/c1-4-6-10-14(9-5-2)13-19-18(22)17-15-11-7-8-12-16(15)21(3)20-17/h14H,4-13H2,1-3H3,(H,19,22). The Morgan fingerprint density at radius 1 is 1.23 bits per heavy atom. The number of aromatic nitrogens is 2. The minimum atomic E-state index is 0.0244. The van der Waals surface area contributed by atoms with Crippen molar-refractivity contribution in [1.29, 1.82) is 0 Å². The molecule has 1 aliphatic rings. The van der Waals surface area contributed by atoms with Gasteiger partial charge in [-0.3, -0.25) is 9.48 Å². The summed E-state index contributed by atoms with van der Waals surface area (Å²) in [6, 6.07) is 0. The van der Waals surface area contributed by atoms with Crippen molar-refractivity contribution in [2.24, 2.45) is 13.0 Å².